The van der Waals surface area contributed by atoms with Crippen molar-refractivity contribution in [3.63, 3.8) is 0 Å². The van der Waals surface area contributed by atoms with E-state index in [-0.39, 0.29) is 12.5 Å². The van der Waals surface area contributed by atoms with Crippen LogP contribution in [0.25, 0.3) is 16.6 Å². The molecule has 5 rings (SSSR count). The van der Waals surface area contributed by atoms with Gasteiger partial charge in [-0.25, -0.2) is 4.98 Å². The van der Waals surface area contributed by atoms with Crippen molar-refractivity contribution in [3.8, 4) is 5.75 Å². The van der Waals surface area contributed by atoms with E-state index in [9.17, 15) is 4.79 Å². The Bertz CT molecular complexity index is 1480. The zero-order valence-electron chi connectivity index (χ0n) is 22.0. The summed E-state index contributed by atoms with van der Waals surface area (Å²) in [5, 5.41) is 3.72. The van der Waals surface area contributed by atoms with Crippen molar-refractivity contribution >= 4 is 51.4 Å². The lowest BCUT2D eigenvalue weighted by Gasteiger charge is -2.26. The molecule has 1 amide bonds. The molecule has 202 valence electrons. The molecule has 39 heavy (non-hydrogen) atoms. The zero-order valence-corrected chi connectivity index (χ0v) is 23.5. The van der Waals surface area contributed by atoms with Gasteiger partial charge in [0.05, 0.1) is 27.4 Å². The number of carbonyl (C=O) groups excluding carboxylic acids is 1. The van der Waals surface area contributed by atoms with Crippen molar-refractivity contribution in [2.45, 2.75) is 32.7 Å². The van der Waals surface area contributed by atoms with Gasteiger partial charge < -0.3 is 14.6 Å². The quantitative estimate of drug-likeness (QED) is 0.207. The Morgan fingerprint density at radius 2 is 1.85 bits per heavy atom. The van der Waals surface area contributed by atoms with Crippen LogP contribution in [-0.4, -0.2) is 46.6 Å². The molecule has 0 bridgehead atoms. The smallest absolute Gasteiger partial charge is 0.262 e. The number of amides is 1. The highest BCUT2D eigenvalue weighted by Gasteiger charge is 2.14. The number of ether oxygens (including phenoxy) is 1. The SMILES string of the molecule is Cc1cc(NC(=O)COc2ccc(Cl)c(Cl)c2)cc2ncn(CCCCN3CC=C(c4ccccc4)CC3)c12. The van der Waals surface area contributed by atoms with Gasteiger partial charge in [-0.1, -0.05) is 59.6 Å². The van der Waals surface area contributed by atoms with Crippen LogP contribution in [0.3, 0.4) is 0 Å². The lowest BCUT2D eigenvalue weighted by atomic mass is 9.99. The van der Waals surface area contributed by atoms with E-state index < -0.39 is 0 Å². The number of aryl methyl sites for hydroxylation is 2. The molecule has 2 heterocycles. The molecule has 0 saturated heterocycles. The molecule has 0 fully saturated rings. The Hall–Kier alpha value is -3.32. The van der Waals surface area contributed by atoms with Crippen LogP contribution < -0.4 is 10.1 Å². The molecule has 4 aromatic rings. The molecule has 6 nitrogen and oxygen atoms in total. The van der Waals surface area contributed by atoms with Crippen LogP contribution in [0.15, 0.2) is 73.1 Å². The van der Waals surface area contributed by atoms with Crippen LogP contribution in [-0.2, 0) is 11.3 Å². The Morgan fingerprint density at radius 1 is 1.03 bits per heavy atom. The summed E-state index contributed by atoms with van der Waals surface area (Å²) < 4.78 is 7.76. The summed E-state index contributed by atoms with van der Waals surface area (Å²) in [6.07, 6.45) is 7.60. The number of aromatic nitrogens is 2. The minimum Gasteiger partial charge on any atom is -0.484 e. The summed E-state index contributed by atoms with van der Waals surface area (Å²) in [7, 11) is 0. The van der Waals surface area contributed by atoms with Crippen LogP contribution in [0.1, 0.15) is 30.4 Å². The summed E-state index contributed by atoms with van der Waals surface area (Å²) in [6, 6.07) is 19.5. The minimum atomic E-state index is -0.261. The van der Waals surface area contributed by atoms with Crippen molar-refractivity contribution in [1.82, 2.24) is 14.5 Å². The Kier molecular flexibility index (Phi) is 8.87. The average Bonchev–Trinajstić information content (AvgIpc) is 3.36. The van der Waals surface area contributed by atoms with Gasteiger partial charge in [0.1, 0.15) is 5.75 Å². The maximum absolute atomic E-state index is 12.5. The van der Waals surface area contributed by atoms with E-state index in [1.807, 2.05) is 25.4 Å². The first-order valence-electron chi connectivity index (χ1n) is 13.3. The maximum Gasteiger partial charge on any atom is 0.262 e. The standard InChI is InChI=1S/C31H32Cl2N4O2/c1-22-17-25(35-30(38)20-39-26-9-10-27(32)28(33)19-26)18-29-31(22)37(21-34-29)14-6-5-13-36-15-11-24(12-16-36)23-7-3-2-4-8-23/h2-4,7-11,17-19,21H,5-6,12-16,20H2,1H3,(H,35,38). The molecule has 0 radical (unpaired) electrons. The molecule has 1 N–H and O–H groups in total. The third-order valence-corrected chi connectivity index (χ3v) is 7.75. The lowest BCUT2D eigenvalue weighted by molar-refractivity contribution is -0.118. The molecule has 0 saturated carbocycles. The van der Waals surface area contributed by atoms with Crippen molar-refractivity contribution in [3.05, 3.63) is 94.2 Å². The van der Waals surface area contributed by atoms with Gasteiger partial charge in [-0.2, -0.15) is 0 Å². The van der Waals surface area contributed by atoms with Gasteiger partial charge in [-0.15, -0.1) is 0 Å². The van der Waals surface area contributed by atoms with Crippen molar-refractivity contribution in [2.24, 2.45) is 0 Å². The number of halogens is 2. The summed E-state index contributed by atoms with van der Waals surface area (Å²) in [5.74, 6) is 0.223. The number of fused-ring (bicyclic) bond motifs is 1. The van der Waals surface area contributed by atoms with Gasteiger partial charge in [0.2, 0.25) is 0 Å². The highest BCUT2D eigenvalue weighted by molar-refractivity contribution is 6.42. The van der Waals surface area contributed by atoms with Gasteiger partial charge in [-0.3, -0.25) is 9.69 Å². The molecule has 0 atom stereocenters. The molecular formula is C31H32Cl2N4O2. The number of unbranched alkanes of at least 4 members (excludes halogenated alkanes) is 1. The Balaban J connectivity index is 1.10. The second kappa shape index (κ2) is 12.7. The normalized spacial score (nSPS) is 13.9. The van der Waals surface area contributed by atoms with Crippen molar-refractivity contribution in [2.75, 3.05) is 31.6 Å². The van der Waals surface area contributed by atoms with E-state index in [1.54, 1.807) is 18.2 Å². The molecule has 0 spiro atoms. The molecule has 0 unspecified atom stereocenters. The second-order valence-corrected chi connectivity index (χ2v) is 10.7. The number of carbonyl (C=O) groups is 1. The maximum atomic E-state index is 12.5. The van der Waals surface area contributed by atoms with Gasteiger partial charge in [0.25, 0.3) is 5.91 Å². The van der Waals surface area contributed by atoms with Crippen molar-refractivity contribution in [1.29, 1.82) is 0 Å². The van der Waals surface area contributed by atoms with Crippen LogP contribution in [0.2, 0.25) is 10.0 Å². The lowest BCUT2D eigenvalue weighted by Crippen LogP contribution is -2.29. The average molecular weight is 564 g/mol. The van der Waals surface area contributed by atoms with Gasteiger partial charge in [0, 0.05) is 31.4 Å². The Labute approximate surface area is 239 Å². The molecule has 3 aromatic carbocycles. The van der Waals surface area contributed by atoms with Crippen LogP contribution in [0.5, 0.6) is 5.75 Å². The van der Waals surface area contributed by atoms with Crippen molar-refractivity contribution < 1.29 is 9.53 Å². The first kappa shape index (κ1) is 27.3. The van der Waals surface area contributed by atoms with E-state index in [2.05, 4.69) is 56.2 Å². The molecule has 8 heteroatoms. The number of rotatable bonds is 10. The predicted octanol–water partition coefficient (Wildman–Crippen LogP) is 7.24. The number of nitrogens with zero attached hydrogens (tertiary/aromatic N) is 3. The van der Waals surface area contributed by atoms with Crippen LogP contribution >= 0.6 is 23.2 Å². The number of hydrogen-bond acceptors (Lipinski definition) is 4. The molecule has 1 aliphatic rings. The highest BCUT2D eigenvalue weighted by atomic mass is 35.5. The summed E-state index contributed by atoms with van der Waals surface area (Å²) in [4.78, 5) is 19.6. The Morgan fingerprint density at radius 3 is 2.62 bits per heavy atom. The fraction of sp³-hybridized carbons (Fsp3) is 0.290. The second-order valence-electron chi connectivity index (χ2n) is 9.86. The molecule has 0 aliphatic carbocycles. The number of nitrogens with one attached hydrogen (secondary N) is 1. The zero-order chi connectivity index (χ0) is 27.2. The molecular weight excluding hydrogens is 531 g/mol. The number of anilines is 1. The topological polar surface area (TPSA) is 59.4 Å². The first-order chi connectivity index (χ1) is 19.0. The molecule has 1 aromatic heterocycles. The van der Waals surface area contributed by atoms with Gasteiger partial charge in [0.15, 0.2) is 6.61 Å². The summed E-state index contributed by atoms with van der Waals surface area (Å²) >= 11 is 11.9. The first-order valence-corrected chi connectivity index (χ1v) is 14.0. The largest absolute Gasteiger partial charge is 0.484 e. The van der Waals surface area contributed by atoms with Gasteiger partial charge >= 0.3 is 0 Å². The van der Waals surface area contributed by atoms with E-state index in [1.165, 1.54) is 11.1 Å². The van der Waals surface area contributed by atoms with Crippen LogP contribution in [0, 0.1) is 6.92 Å². The van der Waals surface area contributed by atoms with E-state index >= 15 is 0 Å². The molecule has 1 aliphatic heterocycles. The minimum absolute atomic E-state index is 0.135. The summed E-state index contributed by atoms with van der Waals surface area (Å²) in [6.45, 7) is 6.06. The third-order valence-electron chi connectivity index (χ3n) is 7.01. The van der Waals surface area contributed by atoms with E-state index in [4.69, 9.17) is 27.9 Å². The van der Waals surface area contributed by atoms with Crippen LogP contribution in [0.4, 0.5) is 5.69 Å². The number of benzene rings is 3. The van der Waals surface area contributed by atoms with Gasteiger partial charge in [-0.05, 0) is 73.7 Å². The fourth-order valence-corrected chi connectivity index (χ4v) is 5.31. The highest BCUT2D eigenvalue weighted by Crippen LogP contribution is 2.27. The predicted molar refractivity (Wildman–Crippen MR) is 160 cm³/mol. The monoisotopic (exact) mass is 562 g/mol. The number of hydrogen-bond donors (Lipinski definition) is 1. The number of imidazole rings is 1. The third kappa shape index (κ3) is 7.01. The van der Waals surface area contributed by atoms with E-state index in [0.29, 0.717) is 21.5 Å². The summed E-state index contributed by atoms with van der Waals surface area (Å²) in [5.41, 5.74) is 6.54. The van der Waals surface area contributed by atoms with E-state index in [0.717, 1.165) is 62.0 Å². The fourth-order valence-electron chi connectivity index (χ4n) is 5.02.